The van der Waals surface area contributed by atoms with Crippen molar-refractivity contribution in [3.8, 4) is 5.75 Å². The molecular weight excluding hydrogens is 462 g/mol. The molecule has 0 bridgehead atoms. The van der Waals surface area contributed by atoms with Crippen LogP contribution >= 0.6 is 11.6 Å². The molecule has 0 aromatic heterocycles. The van der Waals surface area contributed by atoms with Crippen molar-refractivity contribution in [1.29, 1.82) is 0 Å². The molecule has 7 heteroatoms. The molecule has 3 aromatic carbocycles. The fourth-order valence-corrected chi connectivity index (χ4v) is 4.18. The first-order chi connectivity index (χ1) is 16.6. The van der Waals surface area contributed by atoms with E-state index < -0.39 is 5.54 Å². The number of nitrogens with one attached hydrogen (secondary N) is 2. The maximum Gasteiger partial charge on any atom is 0.319 e. The van der Waals surface area contributed by atoms with E-state index in [4.69, 9.17) is 16.3 Å². The topological polar surface area (TPSA) is 70.7 Å². The van der Waals surface area contributed by atoms with E-state index >= 15 is 0 Å². The van der Waals surface area contributed by atoms with Crippen molar-refractivity contribution >= 4 is 40.5 Å². The normalized spacial score (nSPS) is 13.0. The Morgan fingerprint density at radius 2 is 1.89 bits per heavy atom. The van der Waals surface area contributed by atoms with Gasteiger partial charge in [0.2, 0.25) is 0 Å². The van der Waals surface area contributed by atoms with E-state index in [1.165, 1.54) is 0 Å². The molecule has 3 aromatic rings. The second-order valence-electron chi connectivity index (χ2n) is 9.15. The van der Waals surface area contributed by atoms with Gasteiger partial charge in [0.05, 0.1) is 17.8 Å². The summed E-state index contributed by atoms with van der Waals surface area (Å²) < 4.78 is 5.60. The number of anilines is 2. The minimum absolute atomic E-state index is 0.0434. The predicted octanol–water partition coefficient (Wildman–Crippen LogP) is 6.36. The zero-order chi connectivity index (χ0) is 25.2. The minimum Gasteiger partial charge on any atom is -0.482 e. The largest absolute Gasteiger partial charge is 0.482 e. The number of amides is 3. The van der Waals surface area contributed by atoms with Gasteiger partial charge in [0, 0.05) is 10.7 Å². The highest BCUT2D eigenvalue weighted by Gasteiger charge is 2.27. The van der Waals surface area contributed by atoms with Gasteiger partial charge in [-0.2, -0.15) is 0 Å². The molecule has 0 saturated heterocycles. The third kappa shape index (κ3) is 5.66. The van der Waals surface area contributed by atoms with Gasteiger partial charge in [-0.05, 0) is 73.9 Å². The number of nitrogens with zero attached hydrogens (tertiary/aromatic N) is 1. The van der Waals surface area contributed by atoms with Gasteiger partial charge in [-0.3, -0.25) is 4.79 Å². The molecule has 0 atom stereocenters. The van der Waals surface area contributed by atoms with Crippen molar-refractivity contribution in [2.45, 2.75) is 32.9 Å². The molecule has 4 rings (SSSR count). The Balaban J connectivity index is 1.52. The zero-order valence-electron chi connectivity index (χ0n) is 20.0. The van der Waals surface area contributed by atoms with Gasteiger partial charge in [0.1, 0.15) is 5.75 Å². The molecule has 0 saturated carbocycles. The smallest absolute Gasteiger partial charge is 0.319 e. The first kappa shape index (κ1) is 24.4. The molecule has 2 N–H and O–H groups in total. The number of hydrogen-bond acceptors (Lipinski definition) is 3. The fraction of sp³-hybridized carbons (Fsp3) is 0.214. The predicted molar refractivity (Wildman–Crippen MR) is 141 cm³/mol. The lowest BCUT2D eigenvalue weighted by Crippen LogP contribution is -2.43. The summed E-state index contributed by atoms with van der Waals surface area (Å²) in [6.45, 7) is 10.1. The van der Waals surface area contributed by atoms with Crippen molar-refractivity contribution in [2.75, 3.05) is 16.8 Å². The second kappa shape index (κ2) is 9.84. The summed E-state index contributed by atoms with van der Waals surface area (Å²) in [6.07, 6.45) is 0. The van der Waals surface area contributed by atoms with Gasteiger partial charge < -0.3 is 20.3 Å². The zero-order valence-corrected chi connectivity index (χ0v) is 20.8. The molecule has 35 heavy (non-hydrogen) atoms. The number of hydrogen-bond donors (Lipinski definition) is 2. The van der Waals surface area contributed by atoms with E-state index in [1.54, 1.807) is 29.2 Å². The number of ether oxygens (including phenoxy) is 1. The van der Waals surface area contributed by atoms with E-state index in [0.717, 1.165) is 22.3 Å². The first-order valence-corrected chi connectivity index (χ1v) is 11.7. The minimum atomic E-state index is -0.624. The highest BCUT2D eigenvalue weighted by Crippen LogP contribution is 2.36. The first-order valence-electron chi connectivity index (χ1n) is 11.3. The van der Waals surface area contributed by atoms with Crippen molar-refractivity contribution in [3.63, 3.8) is 0 Å². The molecular formula is C28H28ClN3O3. The standard InChI is InChI=1S/C28H28ClN3O3/c1-18(2)20-8-6-9-21(14-20)28(3,4)31-27(34)30-23-11-12-25-24(15-23)32(26(33)17-35-25)16-19-7-5-10-22(29)13-19/h5-15H,1,16-17H2,2-4H3,(H2,30,31,34). The van der Waals surface area contributed by atoms with Crippen molar-refractivity contribution < 1.29 is 14.3 Å². The van der Waals surface area contributed by atoms with Crippen LogP contribution in [-0.4, -0.2) is 18.5 Å². The molecule has 6 nitrogen and oxygen atoms in total. The molecule has 0 spiro atoms. The number of benzene rings is 3. The van der Waals surface area contributed by atoms with Gasteiger partial charge in [0.15, 0.2) is 6.61 Å². The third-order valence-electron chi connectivity index (χ3n) is 5.89. The van der Waals surface area contributed by atoms with E-state index in [2.05, 4.69) is 17.2 Å². The number of carbonyl (C=O) groups is 2. The number of carbonyl (C=O) groups excluding carboxylic acids is 2. The quantitative estimate of drug-likeness (QED) is 0.423. The summed E-state index contributed by atoms with van der Waals surface area (Å²) in [5, 5.41) is 6.51. The van der Waals surface area contributed by atoms with E-state index in [-0.39, 0.29) is 18.5 Å². The number of fused-ring (bicyclic) bond motifs is 1. The monoisotopic (exact) mass is 489 g/mol. The number of urea groups is 1. The van der Waals surface area contributed by atoms with Crippen molar-refractivity contribution in [1.82, 2.24) is 5.32 Å². The molecule has 1 aliphatic heterocycles. The molecule has 0 unspecified atom stereocenters. The Labute approximate surface area is 210 Å². The average Bonchev–Trinajstić information content (AvgIpc) is 2.81. The van der Waals surface area contributed by atoms with Crippen LogP contribution in [-0.2, 0) is 16.9 Å². The lowest BCUT2D eigenvalue weighted by Gasteiger charge is -2.30. The van der Waals surface area contributed by atoms with Crippen LogP contribution in [0.25, 0.3) is 5.57 Å². The fourth-order valence-electron chi connectivity index (χ4n) is 3.96. The summed E-state index contributed by atoms with van der Waals surface area (Å²) in [5.41, 5.74) is 4.35. The molecule has 0 aliphatic carbocycles. The Morgan fingerprint density at radius 3 is 2.63 bits per heavy atom. The highest BCUT2D eigenvalue weighted by atomic mass is 35.5. The van der Waals surface area contributed by atoms with Gasteiger partial charge in [0.25, 0.3) is 5.91 Å². The third-order valence-corrected chi connectivity index (χ3v) is 6.13. The van der Waals surface area contributed by atoms with Gasteiger partial charge in [-0.25, -0.2) is 4.79 Å². The van der Waals surface area contributed by atoms with Gasteiger partial charge in [-0.15, -0.1) is 0 Å². The number of halogens is 1. The Bertz CT molecular complexity index is 1300. The van der Waals surface area contributed by atoms with Crippen LogP contribution in [0.15, 0.2) is 73.3 Å². The van der Waals surface area contributed by atoms with Crippen LogP contribution in [0.3, 0.4) is 0 Å². The summed E-state index contributed by atoms with van der Waals surface area (Å²) in [4.78, 5) is 27.2. The van der Waals surface area contributed by atoms with E-state index in [1.807, 2.05) is 63.2 Å². The number of rotatable bonds is 6. The summed E-state index contributed by atoms with van der Waals surface area (Å²) in [7, 11) is 0. The van der Waals surface area contributed by atoms with Crippen LogP contribution in [0, 0.1) is 0 Å². The van der Waals surface area contributed by atoms with Crippen molar-refractivity contribution in [2.24, 2.45) is 0 Å². The lowest BCUT2D eigenvalue weighted by molar-refractivity contribution is -0.121. The Hall–Kier alpha value is -3.77. The maximum atomic E-state index is 12.9. The molecule has 3 amide bonds. The summed E-state index contributed by atoms with van der Waals surface area (Å²) in [6, 6.07) is 20.2. The van der Waals surface area contributed by atoms with Gasteiger partial charge >= 0.3 is 6.03 Å². The Morgan fingerprint density at radius 1 is 1.11 bits per heavy atom. The average molecular weight is 490 g/mol. The Kier molecular flexibility index (Phi) is 6.85. The molecule has 0 radical (unpaired) electrons. The van der Waals surface area contributed by atoms with Crippen LogP contribution < -0.4 is 20.3 Å². The molecule has 1 heterocycles. The van der Waals surface area contributed by atoms with Gasteiger partial charge in [-0.1, -0.05) is 54.1 Å². The van der Waals surface area contributed by atoms with Crippen LogP contribution in [0.1, 0.15) is 37.5 Å². The van der Waals surface area contributed by atoms with E-state index in [0.29, 0.717) is 28.7 Å². The van der Waals surface area contributed by atoms with Crippen LogP contribution in [0.4, 0.5) is 16.2 Å². The molecule has 180 valence electrons. The van der Waals surface area contributed by atoms with Crippen LogP contribution in [0.5, 0.6) is 5.75 Å². The van der Waals surface area contributed by atoms with E-state index in [9.17, 15) is 9.59 Å². The highest BCUT2D eigenvalue weighted by molar-refractivity contribution is 6.30. The molecule has 0 fully saturated rings. The molecule has 1 aliphatic rings. The SMILES string of the molecule is C=C(C)c1cccc(C(C)(C)NC(=O)Nc2ccc3c(c2)N(Cc2cccc(Cl)c2)C(=O)CO3)c1. The number of allylic oxidation sites excluding steroid dienone is 1. The lowest BCUT2D eigenvalue weighted by atomic mass is 9.92. The summed E-state index contributed by atoms with van der Waals surface area (Å²) in [5.74, 6) is 0.409. The van der Waals surface area contributed by atoms with Crippen molar-refractivity contribution in [3.05, 3.63) is 95.0 Å². The summed E-state index contributed by atoms with van der Waals surface area (Å²) >= 11 is 6.12. The maximum absolute atomic E-state index is 12.9. The second-order valence-corrected chi connectivity index (χ2v) is 9.58. The van der Waals surface area contributed by atoms with Crippen LogP contribution in [0.2, 0.25) is 5.02 Å².